The number of amides is 4. The Bertz CT molecular complexity index is 779. The van der Waals surface area contributed by atoms with Crippen LogP contribution in [0.3, 0.4) is 0 Å². The van der Waals surface area contributed by atoms with Crippen LogP contribution < -0.4 is 0 Å². The molecule has 4 unspecified atom stereocenters. The maximum absolute atomic E-state index is 12.4. The third-order valence-corrected chi connectivity index (χ3v) is 10.2. The second-order valence-corrected chi connectivity index (χ2v) is 11.5. The van der Waals surface area contributed by atoms with Crippen LogP contribution in [0.2, 0.25) is 0 Å². The largest absolute Gasteiger partial charge is 0.272 e. The van der Waals surface area contributed by atoms with Gasteiger partial charge in [0.2, 0.25) is 0 Å². The molecule has 2 saturated carbocycles. The van der Waals surface area contributed by atoms with Crippen molar-refractivity contribution in [2.24, 2.45) is 0 Å². The third-order valence-electron chi connectivity index (χ3n) is 6.12. The fraction of sp³-hybridized carbons (Fsp3) is 0.600. The first-order valence-corrected chi connectivity index (χ1v) is 13.2. The monoisotopic (exact) mass is 488 g/mol. The van der Waals surface area contributed by atoms with Gasteiger partial charge in [-0.2, -0.15) is 0 Å². The lowest BCUT2D eigenvalue weighted by Gasteiger charge is -2.39. The van der Waals surface area contributed by atoms with Gasteiger partial charge in [-0.25, -0.2) is 0 Å². The molecule has 4 rings (SSSR count). The molecule has 0 aromatic rings. The molecule has 4 aliphatic rings. The van der Waals surface area contributed by atoms with Crippen LogP contribution in [0.5, 0.6) is 0 Å². The predicted octanol–water partition coefficient (Wildman–Crippen LogP) is 3.97. The summed E-state index contributed by atoms with van der Waals surface area (Å²) in [6.45, 7) is 0. The van der Waals surface area contributed by atoms with Gasteiger partial charge < -0.3 is 0 Å². The molecule has 2 fully saturated rings. The Kier molecular flexibility index (Phi) is 6.87. The second kappa shape index (κ2) is 9.27. The average molecular weight is 489 g/mol. The first-order valence-electron chi connectivity index (χ1n) is 10.2. The molecular weight excluding hydrogens is 467 g/mol. The quantitative estimate of drug-likeness (QED) is 0.430. The fourth-order valence-corrected chi connectivity index (χ4v) is 8.81. The highest BCUT2D eigenvalue weighted by Crippen LogP contribution is 2.46. The predicted molar refractivity (Wildman–Crippen MR) is 119 cm³/mol. The van der Waals surface area contributed by atoms with E-state index in [1.165, 1.54) is 22.0 Å². The van der Waals surface area contributed by atoms with E-state index in [-0.39, 0.29) is 44.5 Å². The molecule has 6 nitrogen and oxygen atoms in total. The third kappa shape index (κ3) is 4.20. The van der Waals surface area contributed by atoms with E-state index in [0.717, 1.165) is 51.4 Å². The van der Waals surface area contributed by atoms with Gasteiger partial charge in [0.25, 0.3) is 23.6 Å². The zero-order valence-corrected chi connectivity index (χ0v) is 19.4. The lowest BCUT2D eigenvalue weighted by molar-refractivity contribution is -0.141. The molecule has 0 bridgehead atoms. The Balaban J connectivity index is 1.44. The number of hydrogen-bond acceptors (Lipinski definition) is 6. The van der Waals surface area contributed by atoms with Crippen molar-refractivity contribution in [2.75, 3.05) is 0 Å². The van der Waals surface area contributed by atoms with Gasteiger partial charge in [-0.05, 0) is 25.7 Å². The molecule has 2 heterocycles. The van der Waals surface area contributed by atoms with Crippen molar-refractivity contribution in [3.63, 3.8) is 0 Å². The summed E-state index contributed by atoms with van der Waals surface area (Å²) in [5.41, 5.74) is 0. The van der Waals surface area contributed by atoms with Gasteiger partial charge in [-0.1, -0.05) is 70.5 Å². The van der Waals surface area contributed by atoms with Crippen LogP contribution in [-0.4, -0.2) is 56.0 Å². The van der Waals surface area contributed by atoms with Crippen LogP contribution in [-0.2, 0) is 19.2 Å². The summed E-state index contributed by atoms with van der Waals surface area (Å²) < 4.78 is 0. The molecule has 162 valence electrons. The molecule has 0 aromatic carbocycles. The topological polar surface area (TPSA) is 74.8 Å². The number of imide groups is 2. The van der Waals surface area contributed by atoms with E-state index in [0.29, 0.717) is 0 Å². The molecule has 0 spiro atoms. The van der Waals surface area contributed by atoms with Crippen molar-refractivity contribution in [1.29, 1.82) is 0 Å². The van der Waals surface area contributed by atoms with Crippen molar-refractivity contribution in [1.82, 2.24) is 9.80 Å². The Morgan fingerprint density at radius 2 is 1.03 bits per heavy atom. The van der Waals surface area contributed by atoms with Crippen molar-refractivity contribution in [3.05, 3.63) is 22.2 Å². The Morgan fingerprint density at radius 3 is 1.37 bits per heavy atom. The minimum Gasteiger partial charge on any atom is -0.270 e. The lowest BCUT2D eigenvalue weighted by Crippen LogP contribution is -2.48. The van der Waals surface area contributed by atoms with Crippen LogP contribution in [0.15, 0.2) is 22.2 Å². The zero-order valence-electron chi connectivity index (χ0n) is 16.2. The number of halogens is 2. The van der Waals surface area contributed by atoms with Crippen molar-refractivity contribution >= 4 is 68.4 Å². The van der Waals surface area contributed by atoms with E-state index < -0.39 is 11.8 Å². The van der Waals surface area contributed by atoms with Crippen LogP contribution in [0.1, 0.15) is 51.4 Å². The Labute approximate surface area is 193 Å². The minimum absolute atomic E-state index is 0.0234. The second-order valence-electron chi connectivity index (χ2n) is 7.98. The van der Waals surface area contributed by atoms with Crippen LogP contribution in [0, 0.1) is 0 Å². The van der Waals surface area contributed by atoms with Gasteiger partial charge in [0.05, 0.1) is 12.1 Å². The van der Waals surface area contributed by atoms with Crippen LogP contribution >= 0.6 is 44.8 Å². The molecule has 0 aromatic heterocycles. The van der Waals surface area contributed by atoms with Gasteiger partial charge in [0, 0.05) is 22.7 Å². The maximum Gasteiger partial charge on any atom is 0.272 e. The fourth-order valence-electron chi connectivity index (χ4n) is 4.65. The molecule has 0 radical (unpaired) electrons. The number of carbonyl (C=O) groups is 4. The van der Waals surface area contributed by atoms with Crippen molar-refractivity contribution < 1.29 is 19.2 Å². The molecule has 2 aliphatic carbocycles. The molecule has 10 heteroatoms. The van der Waals surface area contributed by atoms with E-state index in [1.54, 1.807) is 21.6 Å². The SMILES string of the molecule is O=C1C=C(Cl)C(=O)N1C1CCCCC1SSC1CCCCC1N1C(=O)C=C(Cl)C1=O. The van der Waals surface area contributed by atoms with Gasteiger partial charge >= 0.3 is 0 Å². The molecule has 4 atom stereocenters. The number of carbonyl (C=O) groups excluding carboxylic acids is 4. The van der Waals surface area contributed by atoms with Crippen molar-refractivity contribution in [2.45, 2.75) is 74.0 Å². The van der Waals surface area contributed by atoms with E-state index in [2.05, 4.69) is 0 Å². The van der Waals surface area contributed by atoms with Gasteiger partial charge in [0.15, 0.2) is 0 Å². The van der Waals surface area contributed by atoms with Crippen molar-refractivity contribution in [3.8, 4) is 0 Å². The highest BCUT2D eigenvalue weighted by Gasteiger charge is 2.43. The summed E-state index contributed by atoms with van der Waals surface area (Å²) >= 11 is 11.8. The summed E-state index contributed by atoms with van der Waals surface area (Å²) in [6, 6.07) is -0.367. The summed E-state index contributed by atoms with van der Waals surface area (Å²) in [7, 11) is 3.35. The Morgan fingerprint density at radius 1 is 0.667 bits per heavy atom. The van der Waals surface area contributed by atoms with E-state index in [4.69, 9.17) is 23.2 Å². The van der Waals surface area contributed by atoms with Crippen LogP contribution in [0.4, 0.5) is 0 Å². The lowest BCUT2D eigenvalue weighted by atomic mass is 9.93. The molecule has 0 saturated heterocycles. The summed E-state index contributed by atoms with van der Waals surface area (Å²) in [4.78, 5) is 52.0. The van der Waals surface area contributed by atoms with Crippen LogP contribution in [0.25, 0.3) is 0 Å². The van der Waals surface area contributed by atoms with Gasteiger partial charge in [-0.3, -0.25) is 29.0 Å². The number of nitrogens with zero attached hydrogens (tertiary/aromatic N) is 2. The highest BCUT2D eigenvalue weighted by atomic mass is 35.5. The summed E-state index contributed by atoms with van der Waals surface area (Å²) in [5, 5.41) is 0.151. The minimum atomic E-state index is -0.409. The zero-order chi connectivity index (χ0) is 21.4. The first kappa shape index (κ1) is 22.2. The smallest absolute Gasteiger partial charge is 0.270 e. The van der Waals surface area contributed by atoms with Gasteiger partial charge in [0.1, 0.15) is 10.1 Å². The number of hydrogen-bond donors (Lipinski definition) is 0. The first-order chi connectivity index (χ1) is 14.4. The summed E-state index contributed by atoms with van der Waals surface area (Å²) in [6.07, 6.45) is 9.77. The molecule has 4 amide bonds. The maximum atomic E-state index is 12.4. The summed E-state index contributed by atoms with van der Waals surface area (Å²) in [5.74, 6) is -1.49. The average Bonchev–Trinajstić information content (AvgIpc) is 3.13. The van der Waals surface area contributed by atoms with Gasteiger partial charge in [-0.15, -0.1) is 0 Å². The molecule has 30 heavy (non-hydrogen) atoms. The standard InChI is InChI=1S/C20H22Cl2N2O4S2/c21-11-9-17(25)23(19(11)27)13-5-1-3-7-15(13)29-30-16-8-4-2-6-14(16)24-18(26)10-12(22)20(24)28/h9-10,13-16H,1-8H2. The number of rotatable bonds is 5. The molecule has 2 aliphatic heterocycles. The molecule has 0 N–H and O–H groups in total. The normalized spacial score (nSPS) is 32.7. The van der Waals surface area contributed by atoms with E-state index in [1.807, 2.05) is 0 Å². The molecular formula is C20H22Cl2N2O4S2. The highest BCUT2D eigenvalue weighted by molar-refractivity contribution is 8.77. The van der Waals surface area contributed by atoms with E-state index in [9.17, 15) is 19.2 Å². The Hall–Kier alpha value is -0.960. The van der Waals surface area contributed by atoms with E-state index >= 15 is 0 Å².